The summed E-state index contributed by atoms with van der Waals surface area (Å²) in [5.41, 5.74) is 2.16. The van der Waals surface area contributed by atoms with Crippen molar-refractivity contribution in [1.82, 2.24) is 0 Å². The van der Waals surface area contributed by atoms with E-state index in [4.69, 9.17) is 0 Å². The molecule has 2 heterocycles. The maximum absolute atomic E-state index is 10.9. The van der Waals surface area contributed by atoms with Crippen LogP contribution in [0.3, 0.4) is 0 Å². The third kappa shape index (κ3) is 3.09. The lowest BCUT2D eigenvalue weighted by molar-refractivity contribution is -0.384. The van der Waals surface area contributed by atoms with Gasteiger partial charge in [-0.1, -0.05) is 6.92 Å². The fourth-order valence-corrected chi connectivity index (χ4v) is 5.34. The van der Waals surface area contributed by atoms with E-state index in [9.17, 15) is 10.1 Å². The molecule has 1 unspecified atom stereocenters. The molecule has 1 N–H and O–H groups in total. The summed E-state index contributed by atoms with van der Waals surface area (Å²) >= 11 is 7.13. The smallest absolute Gasteiger partial charge is 0.271 e. The van der Waals surface area contributed by atoms with E-state index in [0.29, 0.717) is 5.25 Å². The van der Waals surface area contributed by atoms with Gasteiger partial charge in [-0.05, 0) is 45.4 Å². The molecular weight excluding hydrogens is 372 g/mol. The Morgan fingerprint density at radius 3 is 3.00 bits per heavy atom. The summed E-state index contributed by atoms with van der Waals surface area (Å²) in [7, 11) is 0. The second-order valence-electron chi connectivity index (χ2n) is 4.95. The number of anilines is 1. The normalized spacial score (nSPS) is 20.9. The van der Waals surface area contributed by atoms with E-state index in [-0.39, 0.29) is 16.7 Å². The Morgan fingerprint density at radius 1 is 1.43 bits per heavy atom. The number of non-ortho nitro benzene ring substituents is 1. The number of nitrogens with zero attached hydrogens (tertiary/aromatic N) is 1. The lowest BCUT2D eigenvalue weighted by Crippen LogP contribution is -2.19. The number of nitro groups is 1. The first-order valence-corrected chi connectivity index (χ1v) is 9.04. The number of hydrogen-bond acceptors (Lipinski definition) is 5. The van der Waals surface area contributed by atoms with E-state index in [1.165, 1.54) is 15.8 Å². The van der Waals surface area contributed by atoms with Gasteiger partial charge in [0.05, 0.1) is 20.9 Å². The second-order valence-corrected chi connectivity index (χ2v) is 8.42. The van der Waals surface area contributed by atoms with Gasteiger partial charge in [0, 0.05) is 21.9 Å². The Bertz CT molecular complexity index is 689. The maximum atomic E-state index is 10.9. The van der Waals surface area contributed by atoms with E-state index in [0.717, 1.165) is 16.6 Å². The van der Waals surface area contributed by atoms with Gasteiger partial charge in [0.1, 0.15) is 0 Å². The molecule has 1 aromatic heterocycles. The average Bonchev–Trinajstić information content (AvgIpc) is 2.89. The van der Waals surface area contributed by atoms with Crippen molar-refractivity contribution >= 4 is 50.4 Å². The van der Waals surface area contributed by atoms with Crippen LogP contribution in [0.4, 0.5) is 11.4 Å². The topological polar surface area (TPSA) is 55.2 Å². The molecule has 7 heteroatoms. The first-order valence-electron chi connectivity index (χ1n) is 6.49. The van der Waals surface area contributed by atoms with E-state index in [2.05, 4.69) is 39.6 Å². The zero-order chi connectivity index (χ0) is 15.0. The number of thioether (sulfide) groups is 1. The van der Waals surface area contributed by atoms with Crippen molar-refractivity contribution in [2.45, 2.75) is 28.8 Å². The molecule has 0 bridgehead atoms. The molecule has 4 nitrogen and oxygen atoms in total. The summed E-state index contributed by atoms with van der Waals surface area (Å²) in [4.78, 5) is 10.6. The molecule has 1 aliphatic heterocycles. The Hall–Kier alpha value is -1.05. The molecule has 0 amide bonds. The quantitative estimate of drug-likeness (QED) is 0.563. The minimum atomic E-state index is -0.368. The molecule has 2 atom stereocenters. The van der Waals surface area contributed by atoms with Crippen LogP contribution in [-0.4, -0.2) is 10.2 Å². The molecule has 1 aliphatic rings. The number of thiophene rings is 1. The van der Waals surface area contributed by atoms with Gasteiger partial charge < -0.3 is 5.32 Å². The summed E-state index contributed by atoms with van der Waals surface area (Å²) in [5.74, 6) is 0. The number of rotatable bonds is 3. The maximum Gasteiger partial charge on any atom is 0.271 e. The van der Waals surface area contributed by atoms with Crippen LogP contribution in [0.5, 0.6) is 0 Å². The van der Waals surface area contributed by atoms with Crippen LogP contribution >= 0.6 is 39.0 Å². The van der Waals surface area contributed by atoms with E-state index >= 15 is 0 Å². The number of nitro benzene ring substituents is 1. The van der Waals surface area contributed by atoms with Gasteiger partial charge in [-0.25, -0.2) is 0 Å². The minimum Gasteiger partial charge on any atom is -0.377 e. The monoisotopic (exact) mass is 384 g/mol. The van der Waals surface area contributed by atoms with Crippen LogP contribution in [0.25, 0.3) is 0 Å². The molecule has 110 valence electrons. The van der Waals surface area contributed by atoms with Crippen molar-refractivity contribution < 1.29 is 4.92 Å². The summed E-state index contributed by atoms with van der Waals surface area (Å²) < 4.78 is 2.18. The van der Waals surface area contributed by atoms with E-state index < -0.39 is 0 Å². The van der Waals surface area contributed by atoms with Gasteiger partial charge in [0.25, 0.3) is 5.69 Å². The van der Waals surface area contributed by atoms with Crippen molar-refractivity contribution in [2.75, 3.05) is 5.32 Å². The Morgan fingerprint density at radius 2 is 2.24 bits per heavy atom. The fraction of sp³-hybridized carbons (Fsp3) is 0.286. The number of benzene rings is 1. The minimum absolute atomic E-state index is 0.101. The van der Waals surface area contributed by atoms with Gasteiger partial charge in [0.2, 0.25) is 0 Å². The molecule has 21 heavy (non-hydrogen) atoms. The van der Waals surface area contributed by atoms with E-state index in [1.807, 2.05) is 11.8 Å². The Kier molecular flexibility index (Phi) is 4.24. The molecule has 1 aromatic carbocycles. The lowest BCUT2D eigenvalue weighted by atomic mass is 10.0. The number of fused-ring (bicyclic) bond motifs is 1. The van der Waals surface area contributed by atoms with Crippen LogP contribution in [0.2, 0.25) is 0 Å². The van der Waals surface area contributed by atoms with Crippen LogP contribution in [0.1, 0.15) is 24.9 Å². The van der Waals surface area contributed by atoms with E-state index in [1.54, 1.807) is 23.5 Å². The zero-order valence-corrected chi connectivity index (χ0v) is 14.4. The van der Waals surface area contributed by atoms with Crippen LogP contribution in [0, 0.1) is 10.1 Å². The number of nitrogens with one attached hydrogen (secondary N) is 1. The van der Waals surface area contributed by atoms with Crippen LogP contribution in [0.15, 0.2) is 38.3 Å². The average molecular weight is 385 g/mol. The van der Waals surface area contributed by atoms with Gasteiger partial charge in [-0.3, -0.25) is 10.1 Å². The van der Waals surface area contributed by atoms with Crippen molar-refractivity contribution in [3.05, 3.63) is 49.8 Å². The highest BCUT2D eigenvalue weighted by Gasteiger charge is 2.27. The molecular formula is C14H13BrN2O2S2. The highest BCUT2D eigenvalue weighted by Crippen LogP contribution is 2.45. The second kappa shape index (κ2) is 5.98. The molecule has 0 saturated carbocycles. The summed E-state index contributed by atoms with van der Waals surface area (Å²) in [5, 5.41) is 17.0. The standard InChI is InChI=1S/C14H13BrN2O2S2/c1-8-6-12(10-4-5-20-14(10)21-8)16-13-7-9(17(18)19)2-3-11(13)15/h2-5,7-8,12,16H,6H2,1H3/t8-,12?/m0/s1. The number of halogens is 1. The largest absolute Gasteiger partial charge is 0.377 e. The van der Waals surface area contributed by atoms with Gasteiger partial charge in [0.15, 0.2) is 0 Å². The molecule has 0 radical (unpaired) electrons. The molecule has 0 spiro atoms. The highest BCUT2D eigenvalue weighted by molar-refractivity contribution is 9.10. The van der Waals surface area contributed by atoms with Gasteiger partial charge >= 0.3 is 0 Å². The van der Waals surface area contributed by atoms with Crippen molar-refractivity contribution in [1.29, 1.82) is 0 Å². The first-order chi connectivity index (χ1) is 10.0. The molecule has 2 aromatic rings. The fourth-order valence-electron chi connectivity index (χ4n) is 2.41. The van der Waals surface area contributed by atoms with Gasteiger partial charge in [-0.15, -0.1) is 23.1 Å². The summed E-state index contributed by atoms with van der Waals surface area (Å²) in [6, 6.07) is 7.14. The molecule has 0 saturated heterocycles. The Labute approximate surface area is 139 Å². The number of hydrogen-bond donors (Lipinski definition) is 1. The van der Waals surface area contributed by atoms with Crippen molar-refractivity contribution in [2.24, 2.45) is 0 Å². The van der Waals surface area contributed by atoms with Crippen LogP contribution < -0.4 is 5.32 Å². The van der Waals surface area contributed by atoms with Gasteiger partial charge in [-0.2, -0.15) is 0 Å². The third-order valence-electron chi connectivity index (χ3n) is 3.40. The molecule has 0 fully saturated rings. The predicted octanol–water partition coefficient (Wildman–Crippen LogP) is 5.46. The zero-order valence-electron chi connectivity index (χ0n) is 11.2. The predicted molar refractivity (Wildman–Crippen MR) is 91.4 cm³/mol. The summed E-state index contributed by atoms with van der Waals surface area (Å²) in [6.45, 7) is 2.21. The summed E-state index contributed by atoms with van der Waals surface area (Å²) in [6.07, 6.45) is 1.00. The van der Waals surface area contributed by atoms with Crippen molar-refractivity contribution in [3.63, 3.8) is 0 Å². The third-order valence-corrected chi connectivity index (χ3v) is 6.44. The van der Waals surface area contributed by atoms with Crippen LogP contribution in [-0.2, 0) is 0 Å². The SMILES string of the molecule is C[C@H]1CC(Nc2cc([N+](=O)[O-])ccc2Br)c2ccsc2S1. The molecule has 0 aliphatic carbocycles. The Balaban J connectivity index is 1.91. The first kappa shape index (κ1) is 14.9. The molecule has 3 rings (SSSR count). The van der Waals surface area contributed by atoms with Crippen molar-refractivity contribution in [3.8, 4) is 0 Å². The highest BCUT2D eigenvalue weighted by atomic mass is 79.9. The lowest BCUT2D eigenvalue weighted by Gasteiger charge is -2.28.